The third kappa shape index (κ3) is 4.07. The van der Waals surface area contributed by atoms with Gasteiger partial charge in [0.15, 0.2) is 11.5 Å². The maximum Gasteiger partial charge on any atom is 0.170 e. The minimum absolute atomic E-state index is 0.296. The molecule has 2 aromatic heterocycles. The highest BCUT2D eigenvalue weighted by molar-refractivity contribution is 5.91. The SMILES string of the molecule is COc1ccccc1C1CCN(c2nc(C3(F)CCC3)nc3cnc(N4CCC(O)C4)cc23)CC1. The van der Waals surface area contributed by atoms with Crippen LogP contribution in [0.2, 0.25) is 0 Å². The molecule has 2 saturated heterocycles. The van der Waals surface area contributed by atoms with E-state index in [2.05, 4.69) is 31.9 Å². The molecule has 1 N–H and O–H groups in total. The lowest BCUT2D eigenvalue weighted by atomic mass is 9.81. The maximum atomic E-state index is 15.4. The largest absolute Gasteiger partial charge is 0.496 e. The first kappa shape index (κ1) is 22.5. The number of β-amino-alcohol motifs (C(OH)–C–C–N with tert-alkyl or cyclic N) is 1. The lowest BCUT2D eigenvalue weighted by molar-refractivity contribution is 0.0512. The lowest BCUT2D eigenvalue weighted by Crippen LogP contribution is -2.36. The second-order valence-corrected chi connectivity index (χ2v) is 10.1. The van der Waals surface area contributed by atoms with Crippen LogP contribution in [0, 0.1) is 0 Å². The first-order chi connectivity index (χ1) is 17.0. The van der Waals surface area contributed by atoms with Crippen molar-refractivity contribution in [3.63, 3.8) is 0 Å². The van der Waals surface area contributed by atoms with Crippen LogP contribution < -0.4 is 14.5 Å². The normalized spacial score (nSPS) is 22.4. The van der Waals surface area contributed by atoms with Crippen LogP contribution in [0.3, 0.4) is 0 Å². The number of alkyl halides is 1. The summed E-state index contributed by atoms with van der Waals surface area (Å²) in [5, 5.41) is 10.9. The Morgan fingerprint density at radius 2 is 1.83 bits per heavy atom. The van der Waals surface area contributed by atoms with Crippen LogP contribution in [-0.2, 0) is 5.67 Å². The number of anilines is 2. The first-order valence-electron chi connectivity index (χ1n) is 12.7. The Hall–Kier alpha value is -3.00. The summed E-state index contributed by atoms with van der Waals surface area (Å²) >= 11 is 0. The van der Waals surface area contributed by atoms with E-state index in [-0.39, 0.29) is 6.10 Å². The first-order valence-corrected chi connectivity index (χ1v) is 12.7. The molecule has 6 rings (SSSR count). The van der Waals surface area contributed by atoms with Crippen molar-refractivity contribution in [2.75, 3.05) is 43.1 Å². The van der Waals surface area contributed by atoms with Gasteiger partial charge in [0, 0.05) is 31.6 Å². The summed E-state index contributed by atoms with van der Waals surface area (Å²) in [7, 11) is 1.72. The molecule has 184 valence electrons. The molecule has 2 aliphatic heterocycles. The van der Waals surface area contributed by atoms with E-state index in [1.54, 1.807) is 13.3 Å². The van der Waals surface area contributed by atoms with Gasteiger partial charge < -0.3 is 19.6 Å². The number of aliphatic hydroxyl groups excluding tert-OH is 1. The van der Waals surface area contributed by atoms with Gasteiger partial charge in [0.1, 0.15) is 17.4 Å². The molecule has 35 heavy (non-hydrogen) atoms. The molecule has 7 nitrogen and oxygen atoms in total. The number of hydrogen-bond acceptors (Lipinski definition) is 7. The maximum absolute atomic E-state index is 15.4. The number of hydrogen-bond donors (Lipinski definition) is 1. The zero-order valence-electron chi connectivity index (χ0n) is 20.2. The molecule has 4 heterocycles. The highest BCUT2D eigenvalue weighted by Gasteiger charge is 2.42. The van der Waals surface area contributed by atoms with Crippen LogP contribution in [-0.4, -0.2) is 59.5 Å². The molecular formula is C27H32FN5O2. The van der Waals surface area contributed by atoms with Gasteiger partial charge in [-0.05, 0) is 62.1 Å². The Bertz CT molecular complexity index is 1230. The highest BCUT2D eigenvalue weighted by Crippen LogP contribution is 2.45. The molecule has 0 radical (unpaired) electrons. The zero-order valence-corrected chi connectivity index (χ0v) is 20.2. The molecule has 1 aromatic carbocycles. The molecule has 3 fully saturated rings. The summed E-state index contributed by atoms with van der Waals surface area (Å²) in [6, 6.07) is 10.3. The van der Waals surface area contributed by atoms with E-state index in [0.29, 0.717) is 36.6 Å². The smallest absolute Gasteiger partial charge is 0.170 e. The molecule has 0 bridgehead atoms. The Labute approximate surface area is 205 Å². The molecule has 0 spiro atoms. The van der Waals surface area contributed by atoms with Crippen molar-refractivity contribution < 1.29 is 14.2 Å². The molecule has 1 saturated carbocycles. The standard InChI is InChI=1S/C27H32FN5O2/c1-35-23-6-3-2-5-20(23)18-7-12-32(13-8-18)25-21-15-24(33-14-9-19(34)17-33)29-16-22(21)30-26(31-25)27(28)10-4-11-27/h2-3,5-6,15-16,18-19,34H,4,7-14,17H2,1H3. The van der Waals surface area contributed by atoms with Crippen LogP contribution in [0.4, 0.5) is 16.0 Å². The number of benzene rings is 1. The zero-order chi connectivity index (χ0) is 24.0. The Morgan fingerprint density at radius 1 is 1.06 bits per heavy atom. The number of rotatable bonds is 5. The van der Waals surface area contributed by atoms with Gasteiger partial charge in [0.05, 0.1) is 24.9 Å². The number of ether oxygens (including phenoxy) is 1. The highest BCUT2D eigenvalue weighted by atomic mass is 19.1. The van der Waals surface area contributed by atoms with E-state index in [1.807, 2.05) is 18.2 Å². The third-order valence-corrected chi connectivity index (χ3v) is 7.96. The number of halogens is 1. The van der Waals surface area contributed by atoms with Crippen LogP contribution in [0.5, 0.6) is 5.75 Å². The van der Waals surface area contributed by atoms with Gasteiger partial charge in [-0.15, -0.1) is 0 Å². The number of aliphatic hydroxyl groups is 1. The van der Waals surface area contributed by atoms with E-state index in [9.17, 15) is 5.11 Å². The Morgan fingerprint density at radius 3 is 2.51 bits per heavy atom. The second kappa shape index (κ2) is 8.90. The van der Waals surface area contributed by atoms with Crippen LogP contribution in [0.25, 0.3) is 10.9 Å². The number of methoxy groups -OCH3 is 1. The molecular weight excluding hydrogens is 445 g/mol. The van der Waals surface area contributed by atoms with E-state index in [4.69, 9.17) is 9.72 Å². The number of pyridine rings is 1. The average molecular weight is 478 g/mol. The van der Waals surface area contributed by atoms with Gasteiger partial charge in [0.25, 0.3) is 0 Å². The molecule has 8 heteroatoms. The third-order valence-electron chi connectivity index (χ3n) is 7.96. The second-order valence-electron chi connectivity index (χ2n) is 10.1. The number of para-hydroxylation sites is 1. The molecule has 3 aliphatic rings. The molecule has 1 atom stereocenters. The van der Waals surface area contributed by atoms with E-state index in [1.165, 1.54) is 5.56 Å². The predicted octanol–water partition coefficient (Wildman–Crippen LogP) is 4.34. The number of piperidine rings is 1. The number of nitrogens with zero attached hydrogens (tertiary/aromatic N) is 5. The van der Waals surface area contributed by atoms with Crippen molar-refractivity contribution in [1.29, 1.82) is 0 Å². The van der Waals surface area contributed by atoms with E-state index in [0.717, 1.165) is 68.1 Å². The monoisotopic (exact) mass is 477 g/mol. The topological polar surface area (TPSA) is 74.6 Å². The molecule has 1 aliphatic carbocycles. The van der Waals surface area contributed by atoms with Crippen molar-refractivity contribution in [3.05, 3.63) is 47.9 Å². The molecule has 3 aromatic rings. The van der Waals surface area contributed by atoms with Crippen LogP contribution in [0.15, 0.2) is 36.5 Å². The summed E-state index contributed by atoms with van der Waals surface area (Å²) in [6.45, 7) is 3.00. The van der Waals surface area contributed by atoms with Crippen molar-refractivity contribution in [2.24, 2.45) is 0 Å². The number of aromatic nitrogens is 3. The van der Waals surface area contributed by atoms with E-state index >= 15 is 4.39 Å². The van der Waals surface area contributed by atoms with Gasteiger partial charge in [0.2, 0.25) is 0 Å². The summed E-state index contributed by atoms with van der Waals surface area (Å²) in [5.41, 5.74) is 0.500. The fraction of sp³-hybridized carbons (Fsp3) is 0.519. The minimum atomic E-state index is -1.43. The summed E-state index contributed by atoms with van der Waals surface area (Å²) in [6.07, 6.45) is 5.92. The minimum Gasteiger partial charge on any atom is -0.496 e. The molecule has 1 unspecified atom stereocenters. The summed E-state index contributed by atoms with van der Waals surface area (Å²) < 4.78 is 21.0. The fourth-order valence-corrected chi connectivity index (χ4v) is 5.69. The predicted molar refractivity (Wildman–Crippen MR) is 134 cm³/mol. The van der Waals surface area contributed by atoms with Crippen molar-refractivity contribution in [3.8, 4) is 5.75 Å². The fourth-order valence-electron chi connectivity index (χ4n) is 5.69. The van der Waals surface area contributed by atoms with Gasteiger partial charge in [-0.3, -0.25) is 0 Å². The van der Waals surface area contributed by atoms with Crippen LogP contribution >= 0.6 is 0 Å². The average Bonchev–Trinajstić information content (AvgIpc) is 3.32. The Kier molecular flexibility index (Phi) is 5.71. The van der Waals surface area contributed by atoms with E-state index < -0.39 is 5.67 Å². The Balaban J connectivity index is 1.34. The quantitative estimate of drug-likeness (QED) is 0.586. The number of fused-ring (bicyclic) bond motifs is 1. The van der Waals surface area contributed by atoms with Crippen molar-refractivity contribution in [1.82, 2.24) is 15.0 Å². The molecule has 0 amide bonds. The van der Waals surface area contributed by atoms with Gasteiger partial charge in [-0.25, -0.2) is 19.3 Å². The van der Waals surface area contributed by atoms with Gasteiger partial charge >= 0.3 is 0 Å². The summed E-state index contributed by atoms with van der Waals surface area (Å²) in [5.74, 6) is 3.26. The van der Waals surface area contributed by atoms with Gasteiger partial charge in [-0.1, -0.05) is 18.2 Å². The lowest BCUT2D eigenvalue weighted by Gasteiger charge is -2.36. The summed E-state index contributed by atoms with van der Waals surface area (Å²) in [4.78, 5) is 18.5. The van der Waals surface area contributed by atoms with Crippen LogP contribution in [0.1, 0.15) is 55.8 Å². The van der Waals surface area contributed by atoms with Crippen molar-refractivity contribution in [2.45, 2.75) is 56.2 Å². The van der Waals surface area contributed by atoms with Gasteiger partial charge in [-0.2, -0.15) is 0 Å². The van der Waals surface area contributed by atoms with Crippen molar-refractivity contribution >= 4 is 22.5 Å².